The van der Waals surface area contributed by atoms with Gasteiger partial charge in [0, 0.05) is 11.4 Å². The quantitative estimate of drug-likeness (QED) is 0.757. The minimum atomic E-state index is -0.00449. The van der Waals surface area contributed by atoms with Gasteiger partial charge in [0.05, 0.1) is 21.7 Å². The predicted molar refractivity (Wildman–Crippen MR) is 103 cm³/mol. The third kappa shape index (κ3) is 3.30. The number of fused-ring (bicyclic) bond motifs is 1. The summed E-state index contributed by atoms with van der Waals surface area (Å²) in [4.78, 5) is 18.9. The number of carbonyl (C=O) groups excluding carboxylic acids is 1. The molecule has 3 heterocycles. The van der Waals surface area contributed by atoms with Crippen molar-refractivity contribution >= 4 is 28.1 Å². The van der Waals surface area contributed by atoms with Gasteiger partial charge in [-0.05, 0) is 49.0 Å². The van der Waals surface area contributed by atoms with Crippen molar-refractivity contribution in [2.45, 2.75) is 19.4 Å². The van der Waals surface area contributed by atoms with E-state index < -0.39 is 0 Å². The van der Waals surface area contributed by atoms with Gasteiger partial charge in [0.1, 0.15) is 0 Å². The minimum Gasteiger partial charge on any atom is -0.349 e. The van der Waals surface area contributed by atoms with Gasteiger partial charge < -0.3 is 10.6 Å². The Labute approximate surface area is 151 Å². The van der Waals surface area contributed by atoms with E-state index in [4.69, 9.17) is 4.98 Å². The SMILES string of the molecule is CC1CNCCC1NC(=O)c1cc(-c2cccs2)nc2ccccc12. The van der Waals surface area contributed by atoms with E-state index in [1.807, 2.05) is 47.8 Å². The van der Waals surface area contributed by atoms with Gasteiger partial charge in [-0.1, -0.05) is 31.2 Å². The summed E-state index contributed by atoms with van der Waals surface area (Å²) in [6.45, 7) is 4.08. The number of rotatable bonds is 3. The molecule has 0 spiro atoms. The van der Waals surface area contributed by atoms with Crippen LogP contribution < -0.4 is 10.6 Å². The number of hydrogen-bond acceptors (Lipinski definition) is 4. The lowest BCUT2D eigenvalue weighted by molar-refractivity contribution is 0.0916. The number of para-hydroxylation sites is 1. The van der Waals surface area contributed by atoms with Crippen LogP contribution in [0.2, 0.25) is 0 Å². The Morgan fingerprint density at radius 3 is 2.96 bits per heavy atom. The van der Waals surface area contributed by atoms with Gasteiger partial charge in [-0.15, -0.1) is 11.3 Å². The lowest BCUT2D eigenvalue weighted by Gasteiger charge is -2.30. The molecule has 128 valence electrons. The highest BCUT2D eigenvalue weighted by Crippen LogP contribution is 2.28. The zero-order valence-corrected chi connectivity index (χ0v) is 15.0. The molecule has 2 N–H and O–H groups in total. The maximum Gasteiger partial charge on any atom is 0.252 e. The van der Waals surface area contributed by atoms with Crippen LogP contribution in [0.1, 0.15) is 23.7 Å². The second-order valence-corrected chi connectivity index (χ2v) is 7.55. The first-order valence-electron chi connectivity index (χ1n) is 8.67. The largest absolute Gasteiger partial charge is 0.349 e. The van der Waals surface area contributed by atoms with Crippen LogP contribution in [0.25, 0.3) is 21.5 Å². The standard InChI is InChI=1S/C20H21N3OS/c1-13-12-21-9-8-16(13)23-20(24)15-11-18(19-7-4-10-25-19)22-17-6-3-2-5-14(15)17/h2-7,10-11,13,16,21H,8-9,12H2,1H3,(H,23,24). The Morgan fingerprint density at radius 2 is 2.16 bits per heavy atom. The van der Waals surface area contributed by atoms with E-state index in [1.165, 1.54) is 0 Å². The summed E-state index contributed by atoms with van der Waals surface area (Å²) in [7, 11) is 0. The van der Waals surface area contributed by atoms with E-state index in [-0.39, 0.29) is 11.9 Å². The summed E-state index contributed by atoms with van der Waals surface area (Å²) in [6, 6.07) is 14.0. The molecule has 1 aliphatic heterocycles. The molecule has 25 heavy (non-hydrogen) atoms. The summed E-state index contributed by atoms with van der Waals surface area (Å²) in [6.07, 6.45) is 0.966. The zero-order chi connectivity index (χ0) is 17.2. The summed E-state index contributed by atoms with van der Waals surface area (Å²) >= 11 is 1.64. The molecule has 5 heteroatoms. The molecule has 4 rings (SSSR count). The number of nitrogens with zero attached hydrogens (tertiary/aromatic N) is 1. The molecule has 4 nitrogen and oxygen atoms in total. The van der Waals surface area contributed by atoms with Crippen LogP contribution in [0.15, 0.2) is 47.8 Å². The molecule has 1 saturated heterocycles. The van der Waals surface area contributed by atoms with Crippen LogP contribution in [0.5, 0.6) is 0 Å². The number of amides is 1. The Kier molecular flexibility index (Phi) is 4.51. The number of carbonyl (C=O) groups is 1. The van der Waals surface area contributed by atoms with Crippen LogP contribution in [0.3, 0.4) is 0 Å². The van der Waals surface area contributed by atoms with Crippen molar-refractivity contribution in [1.82, 2.24) is 15.6 Å². The highest BCUT2D eigenvalue weighted by molar-refractivity contribution is 7.13. The third-order valence-electron chi connectivity index (χ3n) is 4.84. The molecule has 2 atom stereocenters. The van der Waals surface area contributed by atoms with Crippen molar-refractivity contribution in [3.05, 3.63) is 53.4 Å². The number of nitrogens with one attached hydrogen (secondary N) is 2. The van der Waals surface area contributed by atoms with Crippen molar-refractivity contribution in [1.29, 1.82) is 0 Å². The van der Waals surface area contributed by atoms with Crippen LogP contribution in [-0.4, -0.2) is 30.0 Å². The van der Waals surface area contributed by atoms with Gasteiger partial charge >= 0.3 is 0 Å². The molecule has 2 aromatic heterocycles. The molecular weight excluding hydrogens is 330 g/mol. The van der Waals surface area contributed by atoms with Crippen molar-refractivity contribution in [2.24, 2.45) is 5.92 Å². The van der Waals surface area contributed by atoms with E-state index in [0.29, 0.717) is 11.5 Å². The Morgan fingerprint density at radius 1 is 1.28 bits per heavy atom. The molecule has 0 aliphatic carbocycles. The summed E-state index contributed by atoms with van der Waals surface area (Å²) in [5, 5.41) is 9.56. The van der Waals surface area contributed by atoms with E-state index in [2.05, 4.69) is 17.6 Å². The number of thiophene rings is 1. The van der Waals surface area contributed by atoms with Gasteiger partial charge in [-0.2, -0.15) is 0 Å². The smallest absolute Gasteiger partial charge is 0.252 e. The van der Waals surface area contributed by atoms with Gasteiger partial charge in [-0.25, -0.2) is 4.98 Å². The molecule has 0 saturated carbocycles. The van der Waals surface area contributed by atoms with Crippen LogP contribution in [0.4, 0.5) is 0 Å². The molecule has 1 fully saturated rings. The maximum absolute atomic E-state index is 13.0. The van der Waals surface area contributed by atoms with E-state index in [1.54, 1.807) is 11.3 Å². The number of benzene rings is 1. The zero-order valence-electron chi connectivity index (χ0n) is 14.2. The Bertz CT molecular complexity index is 891. The fourth-order valence-electron chi connectivity index (χ4n) is 3.39. The first-order chi connectivity index (χ1) is 12.2. The lowest BCUT2D eigenvalue weighted by Crippen LogP contribution is -2.48. The molecule has 1 aliphatic rings. The van der Waals surface area contributed by atoms with Crippen molar-refractivity contribution < 1.29 is 4.79 Å². The predicted octanol–water partition coefficient (Wildman–Crippen LogP) is 3.69. The maximum atomic E-state index is 13.0. The average Bonchev–Trinajstić information content (AvgIpc) is 3.17. The summed E-state index contributed by atoms with van der Waals surface area (Å²) < 4.78 is 0. The minimum absolute atomic E-state index is 0.00449. The molecule has 0 radical (unpaired) electrons. The summed E-state index contributed by atoms with van der Waals surface area (Å²) in [5.74, 6) is 0.428. The molecule has 3 aromatic rings. The van der Waals surface area contributed by atoms with E-state index in [9.17, 15) is 4.79 Å². The number of hydrogen-bond donors (Lipinski definition) is 2. The molecule has 0 bridgehead atoms. The van der Waals surface area contributed by atoms with Crippen LogP contribution in [0, 0.1) is 5.92 Å². The molecule has 1 amide bonds. The normalized spacial score (nSPS) is 20.5. The second kappa shape index (κ2) is 6.94. The number of pyridine rings is 1. The van der Waals surface area contributed by atoms with Gasteiger partial charge in [0.2, 0.25) is 0 Å². The highest BCUT2D eigenvalue weighted by Gasteiger charge is 2.24. The van der Waals surface area contributed by atoms with E-state index in [0.717, 1.165) is 41.0 Å². The van der Waals surface area contributed by atoms with Crippen molar-refractivity contribution in [3.8, 4) is 10.6 Å². The van der Waals surface area contributed by atoms with Crippen molar-refractivity contribution in [3.63, 3.8) is 0 Å². The number of piperidine rings is 1. The lowest BCUT2D eigenvalue weighted by atomic mass is 9.94. The fraction of sp³-hybridized carbons (Fsp3) is 0.300. The van der Waals surface area contributed by atoms with Gasteiger partial charge in [0.15, 0.2) is 0 Å². The Hall–Kier alpha value is -2.24. The topological polar surface area (TPSA) is 54.0 Å². The molecule has 2 unspecified atom stereocenters. The second-order valence-electron chi connectivity index (χ2n) is 6.60. The molecular formula is C20H21N3OS. The Balaban J connectivity index is 1.73. The first kappa shape index (κ1) is 16.2. The number of aromatic nitrogens is 1. The van der Waals surface area contributed by atoms with Crippen molar-refractivity contribution in [2.75, 3.05) is 13.1 Å². The van der Waals surface area contributed by atoms with Crippen LogP contribution >= 0.6 is 11.3 Å². The highest BCUT2D eigenvalue weighted by atomic mass is 32.1. The van der Waals surface area contributed by atoms with Gasteiger partial charge in [0.25, 0.3) is 5.91 Å². The average molecular weight is 351 g/mol. The fourth-order valence-corrected chi connectivity index (χ4v) is 4.07. The first-order valence-corrected chi connectivity index (χ1v) is 9.55. The summed E-state index contributed by atoms with van der Waals surface area (Å²) in [5.41, 5.74) is 2.42. The van der Waals surface area contributed by atoms with Gasteiger partial charge in [-0.3, -0.25) is 4.79 Å². The van der Waals surface area contributed by atoms with E-state index >= 15 is 0 Å². The monoisotopic (exact) mass is 351 g/mol. The third-order valence-corrected chi connectivity index (χ3v) is 5.73. The molecule has 1 aromatic carbocycles. The van der Waals surface area contributed by atoms with Crippen LogP contribution in [-0.2, 0) is 0 Å².